The first kappa shape index (κ1) is 15.0. The minimum Gasteiger partial charge on any atom is -0.494 e. The second-order valence-electron chi connectivity index (χ2n) is 5.26. The summed E-state index contributed by atoms with van der Waals surface area (Å²) in [5.74, 6) is 0.436. The smallest absolute Gasteiger partial charge is 0.264 e. The summed E-state index contributed by atoms with van der Waals surface area (Å²) >= 11 is 0. The molecule has 0 aliphatic rings. The summed E-state index contributed by atoms with van der Waals surface area (Å²) in [6.07, 6.45) is 0.278. The van der Waals surface area contributed by atoms with Crippen molar-refractivity contribution in [2.24, 2.45) is 0 Å². The molecule has 0 unspecified atom stereocenters. The zero-order valence-corrected chi connectivity index (χ0v) is 11.8. The lowest BCUT2D eigenvalue weighted by atomic mass is 9.87. The van der Waals surface area contributed by atoms with Gasteiger partial charge in [0.2, 0.25) is 0 Å². The topological polar surface area (TPSA) is 63.6 Å². The zero-order valence-electron chi connectivity index (χ0n) is 11.0. The average Bonchev–Trinajstić information content (AvgIpc) is 2.22. The van der Waals surface area contributed by atoms with Crippen LogP contribution in [-0.4, -0.2) is 25.3 Å². The van der Waals surface area contributed by atoms with Gasteiger partial charge in [0.05, 0.1) is 12.4 Å². The Morgan fingerprint density at radius 3 is 2.17 bits per heavy atom. The molecular formula is C13H20O4S. The molecule has 0 bridgehead atoms. The van der Waals surface area contributed by atoms with E-state index in [0.717, 1.165) is 0 Å². The SMILES string of the molecule is CC(C)(C)c1ccc(OCCCS(=O)(=O)O)cc1. The molecule has 18 heavy (non-hydrogen) atoms. The van der Waals surface area contributed by atoms with Gasteiger partial charge < -0.3 is 4.74 Å². The van der Waals surface area contributed by atoms with E-state index in [-0.39, 0.29) is 24.2 Å². The van der Waals surface area contributed by atoms with E-state index in [1.54, 1.807) is 0 Å². The molecule has 5 heteroatoms. The molecule has 0 heterocycles. The fourth-order valence-corrected chi connectivity index (χ4v) is 1.97. The Balaban J connectivity index is 2.45. The Hall–Kier alpha value is -1.07. The van der Waals surface area contributed by atoms with E-state index in [9.17, 15) is 8.42 Å². The van der Waals surface area contributed by atoms with E-state index in [0.29, 0.717) is 5.75 Å². The van der Waals surface area contributed by atoms with Crippen LogP contribution in [0.25, 0.3) is 0 Å². The van der Waals surface area contributed by atoms with Gasteiger partial charge in [0.15, 0.2) is 0 Å². The third-order valence-electron chi connectivity index (χ3n) is 2.54. The van der Waals surface area contributed by atoms with Crippen molar-refractivity contribution in [1.82, 2.24) is 0 Å². The summed E-state index contributed by atoms with van der Waals surface area (Å²) < 4.78 is 34.9. The highest BCUT2D eigenvalue weighted by Crippen LogP contribution is 2.24. The molecule has 0 fully saturated rings. The summed E-state index contributed by atoms with van der Waals surface area (Å²) in [7, 11) is -3.88. The van der Waals surface area contributed by atoms with Gasteiger partial charge in [-0.2, -0.15) is 8.42 Å². The lowest BCUT2D eigenvalue weighted by Crippen LogP contribution is -2.11. The van der Waals surface area contributed by atoms with Crippen LogP contribution in [-0.2, 0) is 15.5 Å². The summed E-state index contributed by atoms with van der Waals surface area (Å²) in [4.78, 5) is 0. The van der Waals surface area contributed by atoms with Gasteiger partial charge in [0, 0.05) is 0 Å². The van der Waals surface area contributed by atoms with E-state index < -0.39 is 10.1 Å². The predicted molar refractivity (Wildman–Crippen MR) is 71.7 cm³/mol. The first-order valence-corrected chi connectivity index (χ1v) is 7.48. The van der Waals surface area contributed by atoms with Crippen molar-refractivity contribution in [3.05, 3.63) is 29.8 Å². The van der Waals surface area contributed by atoms with Crippen molar-refractivity contribution in [2.45, 2.75) is 32.6 Å². The quantitative estimate of drug-likeness (QED) is 0.661. The van der Waals surface area contributed by atoms with Gasteiger partial charge in [-0.3, -0.25) is 4.55 Å². The molecule has 0 radical (unpaired) electrons. The largest absolute Gasteiger partial charge is 0.494 e. The maximum absolute atomic E-state index is 10.5. The monoisotopic (exact) mass is 272 g/mol. The van der Waals surface area contributed by atoms with Crippen molar-refractivity contribution in [1.29, 1.82) is 0 Å². The van der Waals surface area contributed by atoms with Gasteiger partial charge >= 0.3 is 0 Å². The van der Waals surface area contributed by atoms with Crippen LogP contribution in [0.4, 0.5) is 0 Å². The van der Waals surface area contributed by atoms with E-state index in [1.165, 1.54) is 5.56 Å². The Morgan fingerprint density at radius 2 is 1.72 bits per heavy atom. The van der Waals surface area contributed by atoms with Gasteiger partial charge in [-0.25, -0.2) is 0 Å². The number of hydrogen-bond donors (Lipinski definition) is 1. The van der Waals surface area contributed by atoms with Gasteiger partial charge in [-0.05, 0) is 29.5 Å². The number of ether oxygens (including phenoxy) is 1. The van der Waals surface area contributed by atoms with E-state index in [2.05, 4.69) is 20.8 Å². The maximum Gasteiger partial charge on any atom is 0.264 e. The van der Waals surface area contributed by atoms with Crippen LogP contribution in [0.2, 0.25) is 0 Å². The molecular weight excluding hydrogens is 252 g/mol. The highest BCUT2D eigenvalue weighted by Gasteiger charge is 2.12. The first-order valence-electron chi connectivity index (χ1n) is 5.87. The van der Waals surface area contributed by atoms with Crippen molar-refractivity contribution in [3.8, 4) is 5.75 Å². The Kier molecular flexibility index (Phi) is 4.76. The summed E-state index contributed by atoms with van der Waals surface area (Å²) in [6, 6.07) is 7.73. The Bertz CT molecular complexity index is 469. The van der Waals surface area contributed by atoms with Crippen LogP contribution < -0.4 is 4.74 Å². The molecule has 1 aromatic carbocycles. The molecule has 0 aromatic heterocycles. The fourth-order valence-electron chi connectivity index (χ4n) is 1.48. The molecule has 0 atom stereocenters. The molecule has 1 N–H and O–H groups in total. The van der Waals surface area contributed by atoms with Crippen LogP contribution in [0.1, 0.15) is 32.8 Å². The number of hydrogen-bond acceptors (Lipinski definition) is 3. The van der Waals surface area contributed by atoms with E-state index >= 15 is 0 Å². The average molecular weight is 272 g/mol. The van der Waals surface area contributed by atoms with Crippen molar-refractivity contribution in [2.75, 3.05) is 12.4 Å². The lowest BCUT2D eigenvalue weighted by molar-refractivity contribution is 0.316. The second kappa shape index (κ2) is 5.71. The Morgan fingerprint density at radius 1 is 1.17 bits per heavy atom. The molecule has 0 spiro atoms. The normalized spacial score (nSPS) is 12.4. The van der Waals surface area contributed by atoms with Crippen LogP contribution in [0.5, 0.6) is 5.75 Å². The second-order valence-corrected chi connectivity index (χ2v) is 6.83. The number of rotatable bonds is 5. The third-order valence-corrected chi connectivity index (χ3v) is 3.34. The van der Waals surface area contributed by atoms with Gasteiger partial charge in [-0.1, -0.05) is 32.9 Å². The van der Waals surface area contributed by atoms with Crippen LogP contribution in [0.3, 0.4) is 0 Å². The molecule has 0 amide bonds. The van der Waals surface area contributed by atoms with E-state index in [4.69, 9.17) is 9.29 Å². The molecule has 1 rings (SSSR count). The highest BCUT2D eigenvalue weighted by atomic mass is 32.2. The molecule has 0 aliphatic heterocycles. The lowest BCUT2D eigenvalue weighted by Gasteiger charge is -2.19. The third kappa shape index (κ3) is 5.51. The van der Waals surface area contributed by atoms with Crippen molar-refractivity contribution >= 4 is 10.1 Å². The predicted octanol–water partition coefficient (Wildman–Crippen LogP) is 2.64. The van der Waals surface area contributed by atoms with Gasteiger partial charge in [-0.15, -0.1) is 0 Å². The molecule has 0 saturated heterocycles. The van der Waals surface area contributed by atoms with Gasteiger partial charge in [0.1, 0.15) is 5.75 Å². The van der Waals surface area contributed by atoms with Crippen LogP contribution in [0, 0.1) is 0 Å². The Labute approximate surface area is 109 Å². The molecule has 4 nitrogen and oxygen atoms in total. The van der Waals surface area contributed by atoms with Crippen molar-refractivity contribution in [3.63, 3.8) is 0 Å². The fraction of sp³-hybridized carbons (Fsp3) is 0.538. The number of benzene rings is 1. The molecule has 1 aromatic rings. The standard InChI is InChI=1S/C13H20O4S/c1-13(2,3)11-5-7-12(8-6-11)17-9-4-10-18(14,15)16/h5-8H,4,9-10H2,1-3H3,(H,14,15,16). The minimum atomic E-state index is -3.88. The maximum atomic E-state index is 10.5. The summed E-state index contributed by atoms with van der Waals surface area (Å²) in [6.45, 7) is 6.67. The van der Waals surface area contributed by atoms with Crippen molar-refractivity contribution < 1.29 is 17.7 Å². The summed E-state index contributed by atoms with van der Waals surface area (Å²) in [5, 5.41) is 0. The van der Waals surface area contributed by atoms with Crippen LogP contribution >= 0.6 is 0 Å². The highest BCUT2D eigenvalue weighted by molar-refractivity contribution is 7.85. The summed E-state index contributed by atoms with van der Waals surface area (Å²) in [5.41, 5.74) is 1.32. The van der Waals surface area contributed by atoms with Crippen LogP contribution in [0.15, 0.2) is 24.3 Å². The minimum absolute atomic E-state index is 0.101. The van der Waals surface area contributed by atoms with Gasteiger partial charge in [0.25, 0.3) is 10.1 Å². The molecule has 0 aliphatic carbocycles. The van der Waals surface area contributed by atoms with E-state index in [1.807, 2.05) is 24.3 Å². The zero-order chi connectivity index (χ0) is 13.8. The first-order chi connectivity index (χ1) is 8.18. The molecule has 0 saturated carbocycles. The molecule has 102 valence electrons.